The van der Waals surface area contributed by atoms with Crippen molar-refractivity contribution in [2.75, 3.05) is 13.7 Å². The summed E-state index contributed by atoms with van der Waals surface area (Å²) in [4.78, 5) is 25.1. The number of aliphatic carboxylic acids is 1. The fraction of sp³-hybridized carbons (Fsp3) is 0.190. The van der Waals surface area contributed by atoms with Crippen LogP contribution in [0.4, 0.5) is 0 Å². The highest BCUT2D eigenvalue weighted by Crippen LogP contribution is 2.39. The summed E-state index contributed by atoms with van der Waals surface area (Å²) >= 11 is 15.8. The number of thioether (sulfide) groups is 1. The van der Waals surface area contributed by atoms with Crippen molar-refractivity contribution in [1.29, 1.82) is 0 Å². The zero-order valence-electron chi connectivity index (χ0n) is 16.3. The summed E-state index contributed by atoms with van der Waals surface area (Å²) in [5.41, 5.74) is 1.66. The number of benzene rings is 2. The van der Waals surface area contributed by atoms with Gasteiger partial charge in [-0.3, -0.25) is 14.5 Å². The van der Waals surface area contributed by atoms with Crippen LogP contribution >= 0.6 is 51.5 Å². The van der Waals surface area contributed by atoms with Crippen LogP contribution < -0.4 is 9.47 Å². The predicted molar refractivity (Wildman–Crippen MR) is 129 cm³/mol. The Kier molecular flexibility index (Phi) is 7.99. The van der Waals surface area contributed by atoms with Crippen molar-refractivity contribution < 1.29 is 24.2 Å². The van der Waals surface area contributed by atoms with Crippen LogP contribution in [0.15, 0.2) is 45.8 Å². The van der Waals surface area contributed by atoms with Gasteiger partial charge >= 0.3 is 5.97 Å². The van der Waals surface area contributed by atoms with E-state index in [0.29, 0.717) is 42.4 Å². The van der Waals surface area contributed by atoms with E-state index in [2.05, 4.69) is 15.9 Å². The first-order valence-corrected chi connectivity index (χ1v) is 11.4. The molecule has 0 atom stereocenters. The maximum atomic E-state index is 12.6. The Morgan fingerprint density at radius 1 is 1.32 bits per heavy atom. The molecule has 0 unspecified atom stereocenters. The number of carboxylic acid groups (broad SMARTS) is 1. The maximum Gasteiger partial charge on any atom is 0.305 e. The molecule has 1 fully saturated rings. The molecule has 1 aliphatic rings. The quantitative estimate of drug-likeness (QED) is 0.355. The van der Waals surface area contributed by atoms with Crippen LogP contribution in [0.1, 0.15) is 17.5 Å². The van der Waals surface area contributed by atoms with E-state index in [-0.39, 0.29) is 18.9 Å². The van der Waals surface area contributed by atoms with Crippen molar-refractivity contribution in [2.45, 2.75) is 13.0 Å². The van der Waals surface area contributed by atoms with Crippen LogP contribution in [0.25, 0.3) is 6.08 Å². The van der Waals surface area contributed by atoms with E-state index < -0.39 is 5.97 Å². The molecule has 3 rings (SSSR count). The van der Waals surface area contributed by atoms with E-state index in [1.54, 1.807) is 24.3 Å². The first kappa shape index (κ1) is 23.6. The van der Waals surface area contributed by atoms with Gasteiger partial charge in [0.25, 0.3) is 5.91 Å². The van der Waals surface area contributed by atoms with E-state index in [1.807, 2.05) is 18.2 Å². The lowest BCUT2D eigenvalue weighted by atomic mass is 10.1. The first-order valence-electron chi connectivity index (χ1n) is 9.00. The van der Waals surface area contributed by atoms with E-state index in [0.717, 1.165) is 17.3 Å². The molecule has 31 heavy (non-hydrogen) atoms. The minimum absolute atomic E-state index is 0.0435. The van der Waals surface area contributed by atoms with Gasteiger partial charge in [-0.15, -0.1) is 0 Å². The van der Waals surface area contributed by atoms with E-state index in [4.69, 9.17) is 38.4 Å². The SMILES string of the molecule is COc1cc(/C=C2\SC(=S)N(CCC(=O)O)C2=O)cc(Br)c1OCc1ccc(Cl)cc1. The third-order valence-electron chi connectivity index (χ3n) is 4.27. The smallest absolute Gasteiger partial charge is 0.305 e. The number of carbonyl (C=O) groups excluding carboxylic acids is 1. The van der Waals surface area contributed by atoms with E-state index >= 15 is 0 Å². The zero-order valence-corrected chi connectivity index (χ0v) is 20.2. The molecule has 10 heteroatoms. The second kappa shape index (κ2) is 10.5. The lowest BCUT2D eigenvalue weighted by Crippen LogP contribution is -2.30. The van der Waals surface area contributed by atoms with Crippen molar-refractivity contribution in [1.82, 2.24) is 4.90 Å². The second-order valence-electron chi connectivity index (χ2n) is 6.43. The number of thiocarbonyl (C=S) groups is 1. The van der Waals surface area contributed by atoms with Gasteiger partial charge < -0.3 is 14.6 Å². The number of hydrogen-bond donors (Lipinski definition) is 1. The minimum atomic E-state index is -0.985. The number of carboxylic acids is 1. The van der Waals surface area contributed by atoms with Gasteiger partial charge in [0.1, 0.15) is 10.9 Å². The van der Waals surface area contributed by atoms with Gasteiger partial charge in [-0.05, 0) is 57.4 Å². The standard InChI is InChI=1S/C21H17BrClNO5S2/c1-28-16-9-13(10-17-20(27)24(21(30)31-17)7-6-18(25)26)8-15(22)19(16)29-11-12-2-4-14(23)5-3-12/h2-5,8-10H,6-7,11H2,1H3,(H,25,26)/b17-10-. The molecule has 1 saturated heterocycles. The summed E-state index contributed by atoms with van der Waals surface area (Å²) in [6, 6.07) is 10.9. The zero-order chi connectivity index (χ0) is 22.5. The number of carbonyl (C=O) groups is 2. The molecule has 0 saturated carbocycles. The molecule has 1 N–H and O–H groups in total. The first-order chi connectivity index (χ1) is 14.8. The largest absolute Gasteiger partial charge is 0.493 e. The maximum absolute atomic E-state index is 12.6. The minimum Gasteiger partial charge on any atom is -0.493 e. The molecule has 0 aliphatic carbocycles. The summed E-state index contributed by atoms with van der Waals surface area (Å²) in [5, 5.41) is 9.50. The van der Waals surface area contributed by atoms with Crippen LogP contribution in [-0.4, -0.2) is 39.9 Å². The molecule has 1 heterocycles. The topological polar surface area (TPSA) is 76.1 Å². The number of halogens is 2. The number of methoxy groups -OCH3 is 1. The van der Waals surface area contributed by atoms with Gasteiger partial charge in [-0.2, -0.15) is 0 Å². The van der Waals surface area contributed by atoms with Gasteiger partial charge in [0.05, 0.1) is 22.9 Å². The molecule has 0 bridgehead atoms. The normalized spacial score (nSPS) is 14.9. The Labute approximate surface area is 202 Å². The third kappa shape index (κ3) is 6.00. The molecular weight excluding hydrogens is 526 g/mol. The number of nitrogens with zero attached hydrogens (tertiary/aromatic N) is 1. The average molecular weight is 543 g/mol. The molecule has 6 nitrogen and oxygen atoms in total. The van der Waals surface area contributed by atoms with E-state index in [9.17, 15) is 9.59 Å². The van der Waals surface area contributed by atoms with Gasteiger partial charge in [0.15, 0.2) is 11.5 Å². The summed E-state index contributed by atoms with van der Waals surface area (Å²) in [7, 11) is 1.53. The lowest BCUT2D eigenvalue weighted by molar-refractivity contribution is -0.137. The summed E-state index contributed by atoms with van der Waals surface area (Å²) in [6.07, 6.45) is 1.52. The van der Waals surface area contributed by atoms with Crippen LogP contribution in [0, 0.1) is 0 Å². The molecule has 1 amide bonds. The lowest BCUT2D eigenvalue weighted by Gasteiger charge is -2.14. The van der Waals surface area contributed by atoms with Crippen molar-refractivity contribution in [3.63, 3.8) is 0 Å². The summed E-state index contributed by atoms with van der Waals surface area (Å²) < 4.78 is 12.4. The van der Waals surface area contributed by atoms with Crippen molar-refractivity contribution in [3.05, 3.63) is 61.9 Å². The van der Waals surface area contributed by atoms with Crippen molar-refractivity contribution in [3.8, 4) is 11.5 Å². The van der Waals surface area contributed by atoms with Crippen LogP contribution in [0.3, 0.4) is 0 Å². The Hall–Kier alpha value is -2.07. The Balaban J connectivity index is 1.79. The third-order valence-corrected chi connectivity index (χ3v) is 6.49. The van der Waals surface area contributed by atoms with Gasteiger partial charge in [-0.1, -0.05) is 47.7 Å². The molecule has 2 aromatic rings. The van der Waals surface area contributed by atoms with Gasteiger partial charge in [0.2, 0.25) is 0 Å². The van der Waals surface area contributed by atoms with Crippen molar-refractivity contribution >= 4 is 73.8 Å². The molecule has 2 aromatic carbocycles. The Bertz CT molecular complexity index is 1060. The highest BCUT2D eigenvalue weighted by molar-refractivity contribution is 9.10. The highest BCUT2D eigenvalue weighted by Gasteiger charge is 2.32. The molecule has 0 aromatic heterocycles. The molecule has 1 aliphatic heterocycles. The molecular formula is C21H17BrClNO5S2. The fourth-order valence-electron chi connectivity index (χ4n) is 2.75. The number of hydrogen-bond acceptors (Lipinski definition) is 6. The average Bonchev–Trinajstić information content (AvgIpc) is 2.99. The van der Waals surface area contributed by atoms with Gasteiger partial charge in [-0.25, -0.2) is 0 Å². The molecule has 0 spiro atoms. The predicted octanol–water partition coefficient (Wildman–Crippen LogP) is 5.37. The number of ether oxygens (including phenoxy) is 2. The highest BCUT2D eigenvalue weighted by atomic mass is 79.9. The van der Waals surface area contributed by atoms with Crippen molar-refractivity contribution in [2.24, 2.45) is 0 Å². The second-order valence-corrected chi connectivity index (χ2v) is 9.39. The van der Waals surface area contributed by atoms with Crippen LogP contribution in [-0.2, 0) is 16.2 Å². The van der Waals surface area contributed by atoms with Crippen LogP contribution in [0.2, 0.25) is 5.02 Å². The number of amides is 1. The Morgan fingerprint density at radius 3 is 2.68 bits per heavy atom. The summed E-state index contributed by atoms with van der Waals surface area (Å²) in [6.45, 7) is 0.371. The Morgan fingerprint density at radius 2 is 2.03 bits per heavy atom. The number of rotatable bonds is 8. The molecule has 162 valence electrons. The monoisotopic (exact) mass is 541 g/mol. The fourth-order valence-corrected chi connectivity index (χ4v) is 4.76. The van der Waals surface area contributed by atoms with E-state index in [1.165, 1.54) is 12.0 Å². The van der Waals surface area contributed by atoms with Gasteiger partial charge in [0, 0.05) is 11.6 Å². The van der Waals surface area contributed by atoms with Crippen LogP contribution in [0.5, 0.6) is 11.5 Å². The summed E-state index contributed by atoms with van der Waals surface area (Å²) in [5.74, 6) is -0.269. The molecule has 0 radical (unpaired) electrons.